The molecule has 2 rings (SSSR count). The van der Waals surface area contributed by atoms with Gasteiger partial charge in [-0.15, -0.1) is 0 Å². The minimum absolute atomic E-state index is 0.0372. The molecular weight excluding hydrogens is 426 g/mol. The lowest BCUT2D eigenvalue weighted by Gasteiger charge is -2.14. The Balaban J connectivity index is 2.36. The first kappa shape index (κ1) is 22.5. The van der Waals surface area contributed by atoms with Gasteiger partial charge in [0.05, 0.1) is 17.0 Å². The van der Waals surface area contributed by atoms with Crippen LogP contribution < -0.4 is 9.56 Å². The maximum absolute atomic E-state index is 12.7. The van der Waals surface area contributed by atoms with Crippen molar-refractivity contribution in [2.75, 3.05) is 4.72 Å². The van der Waals surface area contributed by atoms with Crippen molar-refractivity contribution < 1.29 is 39.6 Å². The highest BCUT2D eigenvalue weighted by atomic mass is 32.2. The van der Waals surface area contributed by atoms with Crippen LogP contribution in [-0.2, 0) is 16.2 Å². The van der Waals surface area contributed by atoms with E-state index >= 15 is 0 Å². The maximum atomic E-state index is 12.7. The van der Waals surface area contributed by atoms with Crippen LogP contribution in [0.3, 0.4) is 0 Å². The van der Waals surface area contributed by atoms with Gasteiger partial charge in [-0.25, -0.2) is 0 Å². The van der Waals surface area contributed by atoms with E-state index in [9.17, 15) is 34.8 Å². The van der Waals surface area contributed by atoms with Crippen molar-refractivity contribution in [3.63, 3.8) is 0 Å². The summed E-state index contributed by atoms with van der Waals surface area (Å²) in [5, 5.41) is 3.62. The first-order valence-electron chi connectivity index (χ1n) is 7.80. The Morgan fingerprint density at radius 1 is 1.03 bits per heavy atom. The van der Waals surface area contributed by atoms with Gasteiger partial charge in [-0.2, -0.15) is 34.8 Å². The fourth-order valence-electron chi connectivity index (χ4n) is 2.15. The number of hydrogen-bond acceptors (Lipinski definition) is 4. The standard InChI is InChI=1S/C17H14F6N2O3S/c1-10-6-7-15(25-29(26,27)17(21,22)23)14(8-10)11(2)24-28-13-5-3-4-12(9-13)16(18,19)20/h3-9,25H,1-2H3/b24-11+. The van der Waals surface area contributed by atoms with Crippen molar-refractivity contribution in [1.82, 2.24) is 0 Å². The molecule has 0 radical (unpaired) electrons. The molecule has 0 unspecified atom stereocenters. The highest BCUT2D eigenvalue weighted by Gasteiger charge is 2.46. The molecule has 0 spiro atoms. The molecule has 0 atom stereocenters. The topological polar surface area (TPSA) is 67.8 Å². The Labute approximate surface area is 162 Å². The first-order valence-corrected chi connectivity index (χ1v) is 9.28. The number of halogens is 6. The molecule has 29 heavy (non-hydrogen) atoms. The molecule has 0 aliphatic heterocycles. The van der Waals surface area contributed by atoms with Crippen molar-refractivity contribution in [3.05, 3.63) is 59.2 Å². The molecule has 0 bridgehead atoms. The van der Waals surface area contributed by atoms with Crippen LogP contribution in [0.5, 0.6) is 5.75 Å². The van der Waals surface area contributed by atoms with Gasteiger partial charge in [-0.3, -0.25) is 4.72 Å². The fraction of sp³-hybridized carbons (Fsp3) is 0.235. The van der Waals surface area contributed by atoms with Gasteiger partial charge >= 0.3 is 21.7 Å². The number of benzene rings is 2. The molecule has 158 valence electrons. The number of hydrogen-bond donors (Lipinski definition) is 1. The molecule has 0 saturated carbocycles. The van der Waals surface area contributed by atoms with E-state index in [1.54, 1.807) is 6.92 Å². The van der Waals surface area contributed by atoms with Gasteiger partial charge in [0, 0.05) is 5.56 Å². The normalized spacial score (nSPS) is 13.3. The highest BCUT2D eigenvalue weighted by Crippen LogP contribution is 2.32. The van der Waals surface area contributed by atoms with Gasteiger partial charge in [0.25, 0.3) is 0 Å². The van der Waals surface area contributed by atoms with Gasteiger partial charge in [-0.05, 0) is 44.2 Å². The summed E-state index contributed by atoms with van der Waals surface area (Å²) in [6.45, 7) is 2.90. The molecular formula is C17H14F6N2O3S. The van der Waals surface area contributed by atoms with Crippen molar-refractivity contribution in [1.29, 1.82) is 0 Å². The summed E-state index contributed by atoms with van der Waals surface area (Å²) in [4.78, 5) is 4.94. The third-order valence-electron chi connectivity index (χ3n) is 3.56. The summed E-state index contributed by atoms with van der Waals surface area (Å²) in [6.07, 6.45) is -4.60. The van der Waals surface area contributed by atoms with Gasteiger partial charge in [0.2, 0.25) is 0 Å². The second-order valence-corrected chi connectivity index (χ2v) is 7.57. The van der Waals surface area contributed by atoms with Crippen LogP contribution in [-0.4, -0.2) is 19.6 Å². The number of nitrogens with one attached hydrogen (secondary N) is 1. The van der Waals surface area contributed by atoms with E-state index in [-0.39, 0.29) is 17.0 Å². The predicted molar refractivity (Wildman–Crippen MR) is 94.1 cm³/mol. The van der Waals surface area contributed by atoms with E-state index in [0.717, 1.165) is 18.2 Å². The summed E-state index contributed by atoms with van der Waals surface area (Å²) in [6, 6.07) is 7.65. The summed E-state index contributed by atoms with van der Waals surface area (Å²) in [7, 11) is -5.68. The molecule has 2 aromatic carbocycles. The SMILES string of the molecule is C/C(=N\Oc1cccc(C(F)(F)F)c1)c1cc(C)ccc1NS(=O)(=O)C(F)(F)F. The van der Waals surface area contributed by atoms with Gasteiger partial charge < -0.3 is 4.84 Å². The monoisotopic (exact) mass is 440 g/mol. The largest absolute Gasteiger partial charge is 0.516 e. The second kappa shape index (κ2) is 7.93. The zero-order valence-electron chi connectivity index (χ0n) is 14.9. The lowest BCUT2D eigenvalue weighted by molar-refractivity contribution is -0.137. The summed E-state index contributed by atoms with van der Waals surface area (Å²) in [5.41, 5.74) is -6.45. The number of anilines is 1. The Bertz CT molecular complexity index is 1030. The Morgan fingerprint density at radius 3 is 2.28 bits per heavy atom. The smallest absolute Gasteiger partial charge is 0.357 e. The zero-order valence-corrected chi connectivity index (χ0v) is 15.7. The summed E-state index contributed by atoms with van der Waals surface area (Å²) in [5.74, 6) is -0.260. The molecule has 12 heteroatoms. The molecule has 0 aliphatic rings. The van der Waals surface area contributed by atoms with E-state index in [1.165, 1.54) is 29.8 Å². The second-order valence-electron chi connectivity index (χ2n) is 5.89. The van der Waals surface area contributed by atoms with Gasteiger partial charge in [-0.1, -0.05) is 22.9 Å². The van der Waals surface area contributed by atoms with Crippen LogP contribution in [0.15, 0.2) is 47.6 Å². The molecule has 0 heterocycles. The number of oxime groups is 1. The average molecular weight is 440 g/mol. The summed E-state index contributed by atoms with van der Waals surface area (Å²) >= 11 is 0. The summed E-state index contributed by atoms with van der Waals surface area (Å²) < 4.78 is 100. The lowest BCUT2D eigenvalue weighted by Crippen LogP contribution is -2.30. The third-order valence-corrected chi connectivity index (χ3v) is 4.66. The van der Waals surface area contributed by atoms with E-state index < -0.39 is 33.0 Å². The molecule has 0 aliphatic carbocycles. The van der Waals surface area contributed by atoms with Crippen LogP contribution in [0.25, 0.3) is 0 Å². The van der Waals surface area contributed by atoms with Crippen molar-refractivity contribution in [3.8, 4) is 5.75 Å². The number of nitrogens with zero attached hydrogens (tertiary/aromatic N) is 1. The van der Waals surface area contributed by atoms with Gasteiger partial charge in [0.1, 0.15) is 0 Å². The van der Waals surface area contributed by atoms with E-state index in [4.69, 9.17) is 4.84 Å². The Hall–Kier alpha value is -2.76. The molecule has 0 aromatic heterocycles. The van der Waals surface area contributed by atoms with Gasteiger partial charge in [0.15, 0.2) is 5.75 Å². The predicted octanol–water partition coefficient (Wildman–Crippen LogP) is 5.08. The van der Waals surface area contributed by atoms with E-state index in [2.05, 4.69) is 5.16 Å². The first-order chi connectivity index (χ1) is 13.2. The van der Waals surface area contributed by atoms with Crippen molar-refractivity contribution >= 4 is 21.4 Å². The number of aryl methyl sites for hydroxylation is 1. The third kappa shape index (κ3) is 5.62. The number of rotatable bonds is 5. The number of sulfonamides is 1. The van der Waals surface area contributed by atoms with E-state index in [0.29, 0.717) is 11.6 Å². The molecule has 5 nitrogen and oxygen atoms in total. The average Bonchev–Trinajstić information content (AvgIpc) is 2.59. The van der Waals surface area contributed by atoms with E-state index in [1.807, 2.05) is 0 Å². The molecule has 0 fully saturated rings. The lowest BCUT2D eigenvalue weighted by atomic mass is 10.1. The van der Waals surface area contributed by atoms with Crippen LogP contribution >= 0.6 is 0 Å². The molecule has 0 saturated heterocycles. The molecule has 0 amide bonds. The highest BCUT2D eigenvalue weighted by molar-refractivity contribution is 7.93. The van der Waals surface area contributed by atoms with Crippen LogP contribution in [0, 0.1) is 6.92 Å². The molecule has 1 N–H and O–H groups in total. The number of alkyl halides is 6. The maximum Gasteiger partial charge on any atom is 0.516 e. The minimum Gasteiger partial charge on any atom is -0.357 e. The molecule has 2 aromatic rings. The quantitative estimate of drug-likeness (QED) is 0.401. The minimum atomic E-state index is -5.68. The fourth-order valence-corrected chi connectivity index (χ4v) is 2.73. The van der Waals surface area contributed by atoms with Crippen LogP contribution in [0.1, 0.15) is 23.6 Å². The zero-order chi connectivity index (χ0) is 22.0. The van der Waals surface area contributed by atoms with Crippen molar-refractivity contribution in [2.45, 2.75) is 25.5 Å². The van der Waals surface area contributed by atoms with Crippen molar-refractivity contribution in [2.24, 2.45) is 5.16 Å². The Morgan fingerprint density at radius 2 is 1.69 bits per heavy atom. The van der Waals surface area contributed by atoms with Crippen LogP contribution in [0.2, 0.25) is 0 Å². The Kier molecular flexibility index (Phi) is 6.16. The van der Waals surface area contributed by atoms with Crippen LogP contribution in [0.4, 0.5) is 32.0 Å².